The highest BCUT2D eigenvalue weighted by Gasteiger charge is 2.39. The Kier molecular flexibility index (Phi) is 5.49. The van der Waals surface area contributed by atoms with E-state index in [-0.39, 0.29) is 10.2 Å². The summed E-state index contributed by atoms with van der Waals surface area (Å²) in [6, 6.07) is 12.3. The molecule has 1 aromatic heterocycles. The van der Waals surface area contributed by atoms with Gasteiger partial charge in [0.25, 0.3) is 0 Å². The van der Waals surface area contributed by atoms with Gasteiger partial charge in [-0.15, -0.1) is 10.2 Å². The van der Waals surface area contributed by atoms with Gasteiger partial charge in [-0.3, -0.25) is 4.79 Å². The lowest BCUT2D eigenvalue weighted by Gasteiger charge is -2.33. The number of anilines is 1. The molecule has 3 aromatic rings. The van der Waals surface area contributed by atoms with Crippen LogP contribution in [0.4, 0.5) is 18.9 Å². The van der Waals surface area contributed by atoms with E-state index in [4.69, 9.17) is 0 Å². The number of aryl methyl sites for hydroxylation is 1. The Morgan fingerprint density at radius 1 is 1.20 bits per heavy atom. The molecule has 2 N–H and O–H groups in total. The summed E-state index contributed by atoms with van der Waals surface area (Å²) in [6.45, 7) is 1.77. The maximum atomic E-state index is 13.5. The Bertz CT molecular complexity index is 1090. The second-order valence-corrected chi connectivity index (χ2v) is 8.62. The van der Waals surface area contributed by atoms with Crippen molar-refractivity contribution in [1.29, 1.82) is 0 Å². The summed E-state index contributed by atoms with van der Waals surface area (Å²) >= 11 is 4.20. The number of hydrogen-bond acceptors (Lipinski definition) is 5. The Morgan fingerprint density at radius 3 is 2.63 bits per heavy atom. The first-order valence-corrected chi connectivity index (χ1v) is 10.5. The van der Waals surface area contributed by atoms with E-state index in [9.17, 15) is 18.0 Å². The van der Waals surface area contributed by atoms with Crippen molar-refractivity contribution >= 4 is 39.3 Å². The number of nitrogens with zero attached hydrogens (tertiary/aromatic N) is 3. The van der Waals surface area contributed by atoms with Crippen LogP contribution in [0.2, 0.25) is 0 Å². The van der Waals surface area contributed by atoms with Crippen LogP contribution >= 0.6 is 27.7 Å². The number of carbonyl (C=O) groups is 1. The average molecular weight is 498 g/mol. The van der Waals surface area contributed by atoms with E-state index in [0.717, 1.165) is 23.4 Å². The van der Waals surface area contributed by atoms with Gasteiger partial charge in [0, 0.05) is 4.47 Å². The number of amides is 1. The lowest BCUT2D eigenvalue weighted by molar-refractivity contribution is -0.137. The largest absolute Gasteiger partial charge is 0.418 e. The van der Waals surface area contributed by atoms with E-state index < -0.39 is 28.9 Å². The zero-order chi connectivity index (χ0) is 21.5. The maximum Gasteiger partial charge on any atom is 0.418 e. The van der Waals surface area contributed by atoms with E-state index in [2.05, 4.69) is 36.9 Å². The summed E-state index contributed by atoms with van der Waals surface area (Å²) in [5, 5.41) is 10.2. The molecule has 11 heteroatoms. The van der Waals surface area contributed by atoms with Gasteiger partial charge in [-0.2, -0.15) is 13.2 Å². The molecule has 0 radical (unpaired) electrons. The van der Waals surface area contributed by atoms with Crippen molar-refractivity contribution in [2.75, 3.05) is 10.7 Å². The molecule has 0 saturated carbocycles. The molecule has 6 nitrogen and oxygen atoms in total. The van der Waals surface area contributed by atoms with Crippen LogP contribution in [-0.4, -0.2) is 26.0 Å². The number of alkyl halides is 3. The lowest BCUT2D eigenvalue weighted by atomic mass is 10.0. The summed E-state index contributed by atoms with van der Waals surface area (Å²) in [6.07, 6.45) is -4.61. The van der Waals surface area contributed by atoms with E-state index in [1.807, 2.05) is 30.3 Å². The fourth-order valence-corrected chi connectivity index (χ4v) is 4.62. The molecule has 1 aliphatic heterocycles. The second-order valence-electron chi connectivity index (χ2n) is 6.60. The zero-order valence-corrected chi connectivity index (χ0v) is 17.8. The minimum atomic E-state index is -4.61. The van der Waals surface area contributed by atoms with Crippen molar-refractivity contribution in [2.24, 2.45) is 0 Å². The van der Waals surface area contributed by atoms with Gasteiger partial charge in [0.1, 0.15) is 11.1 Å². The van der Waals surface area contributed by atoms with Crippen molar-refractivity contribution in [3.63, 3.8) is 0 Å². The van der Waals surface area contributed by atoms with Crippen LogP contribution in [0.25, 0.3) is 0 Å². The van der Waals surface area contributed by atoms with E-state index in [0.29, 0.717) is 11.0 Å². The van der Waals surface area contributed by atoms with Crippen LogP contribution in [0.3, 0.4) is 0 Å². The molecule has 0 fully saturated rings. The average Bonchev–Trinajstić information content (AvgIpc) is 3.08. The molecule has 4 rings (SSSR count). The van der Waals surface area contributed by atoms with Gasteiger partial charge in [0.15, 0.2) is 0 Å². The molecule has 0 bridgehead atoms. The Hall–Kier alpha value is -2.53. The first-order chi connectivity index (χ1) is 14.2. The third-order valence-electron chi connectivity index (χ3n) is 4.56. The first kappa shape index (κ1) is 20.7. The Labute approximate surface area is 182 Å². The number of aromatic nitrogens is 3. The minimum absolute atomic E-state index is 0.271. The molecule has 0 aliphatic carbocycles. The third kappa shape index (κ3) is 4.04. The standard InChI is InChI=1S/C19H15BrF3N5OS/c1-10-25-26-18-28(10)27-15(11-5-3-2-4-6-11)16(30-18)17(29)24-14-8-7-12(20)9-13(14)19(21,22)23/h2-9,15-16,27H,1H3,(H,24,29)/t15-,16-/m0/s1. The molecule has 0 saturated heterocycles. The smallest absolute Gasteiger partial charge is 0.324 e. The molecule has 1 aliphatic rings. The van der Waals surface area contributed by atoms with Crippen LogP contribution in [0.5, 0.6) is 0 Å². The van der Waals surface area contributed by atoms with Crippen molar-refractivity contribution in [1.82, 2.24) is 14.9 Å². The summed E-state index contributed by atoms with van der Waals surface area (Å²) in [5.41, 5.74) is 2.81. The number of hydrogen-bond donors (Lipinski definition) is 2. The number of halogens is 4. The lowest BCUT2D eigenvalue weighted by Crippen LogP contribution is -2.41. The van der Waals surface area contributed by atoms with Crippen LogP contribution in [-0.2, 0) is 11.0 Å². The molecule has 30 heavy (non-hydrogen) atoms. The van der Waals surface area contributed by atoms with Crippen molar-refractivity contribution in [3.05, 3.63) is 70.0 Å². The highest BCUT2D eigenvalue weighted by Crippen LogP contribution is 2.40. The quantitative estimate of drug-likeness (QED) is 0.545. The predicted octanol–water partition coefficient (Wildman–Crippen LogP) is 4.77. The molecule has 0 unspecified atom stereocenters. The number of thioether (sulfide) groups is 1. The number of carbonyl (C=O) groups excluding carboxylic acids is 1. The van der Waals surface area contributed by atoms with Gasteiger partial charge in [-0.05, 0) is 30.7 Å². The van der Waals surface area contributed by atoms with Gasteiger partial charge < -0.3 is 10.7 Å². The highest BCUT2D eigenvalue weighted by molar-refractivity contribution is 9.10. The first-order valence-electron chi connectivity index (χ1n) is 8.82. The van der Waals surface area contributed by atoms with Gasteiger partial charge in [0.2, 0.25) is 11.1 Å². The van der Waals surface area contributed by atoms with Crippen LogP contribution < -0.4 is 10.7 Å². The molecule has 0 spiro atoms. The molecule has 2 heterocycles. The normalized spacial score (nSPS) is 18.4. The van der Waals surface area contributed by atoms with Crippen LogP contribution in [0.1, 0.15) is 23.0 Å². The number of nitrogens with one attached hydrogen (secondary N) is 2. The molecule has 2 aromatic carbocycles. The fourth-order valence-electron chi connectivity index (χ4n) is 3.13. The van der Waals surface area contributed by atoms with Crippen molar-refractivity contribution < 1.29 is 18.0 Å². The minimum Gasteiger partial charge on any atom is -0.324 e. The van der Waals surface area contributed by atoms with Gasteiger partial charge in [-0.1, -0.05) is 58.0 Å². The molecule has 1 amide bonds. The molecular formula is C19H15BrF3N5OS. The summed E-state index contributed by atoms with van der Waals surface area (Å²) in [7, 11) is 0. The Balaban J connectivity index is 1.68. The van der Waals surface area contributed by atoms with Crippen molar-refractivity contribution in [2.45, 2.75) is 29.5 Å². The van der Waals surface area contributed by atoms with E-state index in [1.165, 1.54) is 12.1 Å². The predicted molar refractivity (Wildman–Crippen MR) is 111 cm³/mol. The maximum absolute atomic E-state index is 13.5. The molecule has 156 valence electrons. The molecular weight excluding hydrogens is 483 g/mol. The van der Waals surface area contributed by atoms with Gasteiger partial charge in [0.05, 0.1) is 17.3 Å². The monoisotopic (exact) mass is 497 g/mol. The van der Waals surface area contributed by atoms with E-state index in [1.54, 1.807) is 11.6 Å². The fraction of sp³-hybridized carbons (Fsp3) is 0.211. The zero-order valence-electron chi connectivity index (χ0n) is 15.4. The number of rotatable bonds is 3. The van der Waals surface area contributed by atoms with Gasteiger partial charge in [-0.25, -0.2) is 4.68 Å². The summed E-state index contributed by atoms with van der Waals surface area (Å²) in [5.74, 6) is 0.0469. The third-order valence-corrected chi connectivity index (χ3v) is 6.27. The highest BCUT2D eigenvalue weighted by atomic mass is 79.9. The van der Waals surface area contributed by atoms with Crippen molar-refractivity contribution in [3.8, 4) is 0 Å². The summed E-state index contributed by atoms with van der Waals surface area (Å²) < 4.78 is 42.3. The topological polar surface area (TPSA) is 71.8 Å². The Morgan fingerprint density at radius 2 is 1.93 bits per heavy atom. The second kappa shape index (κ2) is 7.95. The van der Waals surface area contributed by atoms with Gasteiger partial charge >= 0.3 is 6.18 Å². The SMILES string of the molecule is Cc1nnc2n1N[C@@H](c1ccccc1)[C@@H](C(=O)Nc1ccc(Br)cc1C(F)(F)F)S2. The number of benzene rings is 2. The summed E-state index contributed by atoms with van der Waals surface area (Å²) in [4.78, 5) is 13.1. The van der Waals surface area contributed by atoms with Crippen LogP contribution in [0.15, 0.2) is 58.2 Å². The molecule has 2 atom stereocenters. The van der Waals surface area contributed by atoms with Crippen LogP contribution in [0, 0.1) is 6.92 Å². The number of fused-ring (bicyclic) bond motifs is 1. The van der Waals surface area contributed by atoms with E-state index >= 15 is 0 Å².